The van der Waals surface area contributed by atoms with Gasteiger partial charge in [0, 0.05) is 28.7 Å². The second-order valence-corrected chi connectivity index (χ2v) is 9.21. The van der Waals surface area contributed by atoms with E-state index < -0.39 is 15.3 Å². The van der Waals surface area contributed by atoms with Crippen LogP contribution in [0.3, 0.4) is 0 Å². The number of anilines is 2. The first kappa shape index (κ1) is 20.5. The average molecular weight is 410 g/mol. The molecule has 2 N–H and O–H groups in total. The number of hydrogen-bond donors (Lipinski definition) is 2. The Morgan fingerprint density at radius 2 is 1.66 bits per heavy atom. The van der Waals surface area contributed by atoms with Crippen molar-refractivity contribution >= 4 is 27.3 Å². The van der Waals surface area contributed by atoms with Crippen LogP contribution >= 0.6 is 0 Å². The van der Waals surface area contributed by atoms with Gasteiger partial charge in [-0.05, 0) is 74.9 Å². The third-order valence-electron chi connectivity index (χ3n) is 4.46. The highest BCUT2D eigenvalue weighted by molar-refractivity contribution is 7.93. The molecule has 1 amide bonds. The number of pyridine rings is 1. The summed E-state index contributed by atoms with van der Waals surface area (Å²) in [6.07, 6.45) is 1.73. The highest BCUT2D eigenvalue weighted by Gasteiger charge is 2.16. The fourth-order valence-electron chi connectivity index (χ4n) is 2.67. The molecule has 0 spiro atoms. The lowest BCUT2D eigenvalue weighted by Gasteiger charge is -2.12. The molecule has 7 heteroatoms. The van der Waals surface area contributed by atoms with Crippen molar-refractivity contribution in [2.24, 2.45) is 0 Å². The minimum Gasteiger partial charge on any atom is -0.322 e. The monoisotopic (exact) mass is 409 g/mol. The van der Waals surface area contributed by atoms with Gasteiger partial charge in [0.25, 0.3) is 5.91 Å². The van der Waals surface area contributed by atoms with Gasteiger partial charge in [-0.3, -0.25) is 14.5 Å². The number of benzene rings is 2. The molecule has 0 unspecified atom stereocenters. The largest absolute Gasteiger partial charge is 0.322 e. The number of amides is 1. The Morgan fingerprint density at radius 3 is 2.28 bits per heavy atom. The van der Waals surface area contributed by atoms with Crippen LogP contribution in [0.2, 0.25) is 0 Å². The highest BCUT2D eigenvalue weighted by atomic mass is 32.2. The van der Waals surface area contributed by atoms with Gasteiger partial charge in [0.05, 0.1) is 10.9 Å². The summed E-state index contributed by atoms with van der Waals surface area (Å²) >= 11 is 0. The van der Waals surface area contributed by atoms with E-state index in [-0.39, 0.29) is 5.91 Å². The smallest absolute Gasteiger partial charge is 0.255 e. The lowest BCUT2D eigenvalue weighted by molar-refractivity contribution is 0.102. The van der Waals surface area contributed by atoms with Crippen molar-refractivity contribution in [1.82, 2.24) is 4.98 Å². The SMILES string of the molecule is Cc1ccc(NC(=O)c2ccc(NS(=O)(=O)C(C)C)cc2)cc1-c1ccccn1. The van der Waals surface area contributed by atoms with E-state index in [1.165, 1.54) is 0 Å². The number of rotatable bonds is 6. The van der Waals surface area contributed by atoms with E-state index in [2.05, 4.69) is 15.0 Å². The molecule has 0 fully saturated rings. The van der Waals surface area contributed by atoms with Crippen LogP contribution in [0.4, 0.5) is 11.4 Å². The molecule has 0 saturated carbocycles. The van der Waals surface area contributed by atoms with Crippen LogP contribution in [-0.2, 0) is 10.0 Å². The Hall–Kier alpha value is -3.19. The van der Waals surface area contributed by atoms with Crippen LogP contribution < -0.4 is 10.0 Å². The van der Waals surface area contributed by atoms with Crippen LogP contribution in [0.5, 0.6) is 0 Å². The van der Waals surface area contributed by atoms with Crippen molar-refractivity contribution in [3.63, 3.8) is 0 Å². The first-order valence-corrected chi connectivity index (χ1v) is 10.8. The van der Waals surface area contributed by atoms with Gasteiger partial charge in [-0.1, -0.05) is 12.1 Å². The van der Waals surface area contributed by atoms with Crippen LogP contribution in [0.1, 0.15) is 29.8 Å². The molecule has 6 nitrogen and oxygen atoms in total. The molecule has 0 radical (unpaired) electrons. The highest BCUT2D eigenvalue weighted by Crippen LogP contribution is 2.25. The van der Waals surface area contributed by atoms with Crippen molar-refractivity contribution in [2.75, 3.05) is 10.0 Å². The number of aromatic nitrogens is 1. The van der Waals surface area contributed by atoms with Gasteiger partial charge in [-0.25, -0.2) is 8.42 Å². The molecular weight excluding hydrogens is 386 g/mol. The van der Waals surface area contributed by atoms with E-state index in [0.29, 0.717) is 16.9 Å². The summed E-state index contributed by atoms with van der Waals surface area (Å²) in [5.41, 5.74) is 4.35. The third-order valence-corrected chi connectivity index (χ3v) is 6.23. The maximum absolute atomic E-state index is 12.6. The molecular formula is C22H23N3O3S. The molecule has 0 atom stereocenters. The van der Waals surface area contributed by atoms with Gasteiger partial charge in [-0.2, -0.15) is 0 Å². The molecule has 150 valence electrons. The maximum Gasteiger partial charge on any atom is 0.255 e. The van der Waals surface area contributed by atoms with Gasteiger partial charge in [0.2, 0.25) is 10.0 Å². The predicted octanol–water partition coefficient (Wildman–Crippen LogP) is 4.46. The normalized spacial score (nSPS) is 11.3. The lowest BCUT2D eigenvalue weighted by atomic mass is 10.0. The first-order chi connectivity index (χ1) is 13.8. The molecule has 0 bridgehead atoms. The van der Waals surface area contributed by atoms with Crippen molar-refractivity contribution < 1.29 is 13.2 Å². The molecule has 0 aliphatic carbocycles. The summed E-state index contributed by atoms with van der Waals surface area (Å²) in [5.74, 6) is -0.279. The molecule has 1 aromatic heterocycles. The number of nitrogens with zero attached hydrogens (tertiary/aromatic N) is 1. The van der Waals surface area contributed by atoms with E-state index in [1.807, 2.05) is 43.3 Å². The lowest BCUT2D eigenvalue weighted by Crippen LogP contribution is -2.22. The van der Waals surface area contributed by atoms with E-state index in [1.54, 1.807) is 44.3 Å². The van der Waals surface area contributed by atoms with E-state index >= 15 is 0 Å². The average Bonchev–Trinajstić information content (AvgIpc) is 2.70. The zero-order valence-corrected chi connectivity index (χ0v) is 17.3. The van der Waals surface area contributed by atoms with Crippen LogP contribution in [0, 0.1) is 6.92 Å². The molecule has 2 aromatic carbocycles. The summed E-state index contributed by atoms with van der Waals surface area (Å²) in [7, 11) is -3.42. The Bertz CT molecular complexity index is 1110. The van der Waals surface area contributed by atoms with Crippen molar-refractivity contribution in [2.45, 2.75) is 26.0 Å². The second-order valence-electron chi connectivity index (χ2n) is 6.97. The molecule has 1 heterocycles. The number of nitrogens with one attached hydrogen (secondary N) is 2. The van der Waals surface area contributed by atoms with Gasteiger partial charge in [0.15, 0.2) is 0 Å². The van der Waals surface area contributed by atoms with E-state index in [0.717, 1.165) is 16.8 Å². The van der Waals surface area contributed by atoms with Gasteiger partial charge in [-0.15, -0.1) is 0 Å². The van der Waals surface area contributed by atoms with Crippen LogP contribution in [-0.4, -0.2) is 24.6 Å². The summed E-state index contributed by atoms with van der Waals surface area (Å²) in [6, 6.07) is 17.7. The number of hydrogen-bond acceptors (Lipinski definition) is 4. The molecule has 0 aliphatic rings. The summed E-state index contributed by atoms with van der Waals surface area (Å²) in [5, 5.41) is 2.33. The number of carbonyl (C=O) groups excluding carboxylic acids is 1. The maximum atomic E-state index is 12.6. The zero-order chi connectivity index (χ0) is 21.0. The minimum absolute atomic E-state index is 0.279. The Kier molecular flexibility index (Phi) is 5.98. The van der Waals surface area contributed by atoms with Crippen LogP contribution in [0.15, 0.2) is 66.9 Å². The van der Waals surface area contributed by atoms with Gasteiger partial charge < -0.3 is 5.32 Å². The van der Waals surface area contributed by atoms with Crippen molar-refractivity contribution in [3.8, 4) is 11.3 Å². The quantitative estimate of drug-likeness (QED) is 0.629. The predicted molar refractivity (Wildman–Crippen MR) is 116 cm³/mol. The number of aryl methyl sites for hydroxylation is 1. The van der Waals surface area contributed by atoms with E-state index in [4.69, 9.17) is 0 Å². The fourth-order valence-corrected chi connectivity index (χ4v) is 3.37. The molecule has 29 heavy (non-hydrogen) atoms. The fraction of sp³-hybridized carbons (Fsp3) is 0.182. The third kappa shape index (κ3) is 5.00. The Balaban J connectivity index is 1.75. The first-order valence-electron chi connectivity index (χ1n) is 9.21. The number of sulfonamides is 1. The Morgan fingerprint density at radius 1 is 0.966 bits per heavy atom. The van der Waals surface area contributed by atoms with E-state index in [9.17, 15) is 13.2 Å². The minimum atomic E-state index is -3.42. The van der Waals surface area contributed by atoms with Gasteiger partial charge >= 0.3 is 0 Å². The van der Waals surface area contributed by atoms with Crippen molar-refractivity contribution in [1.29, 1.82) is 0 Å². The summed E-state index contributed by atoms with van der Waals surface area (Å²) in [4.78, 5) is 17.0. The zero-order valence-electron chi connectivity index (χ0n) is 16.5. The second kappa shape index (κ2) is 8.45. The number of carbonyl (C=O) groups is 1. The molecule has 3 rings (SSSR count). The molecule has 3 aromatic rings. The molecule has 0 aliphatic heterocycles. The topological polar surface area (TPSA) is 88.2 Å². The summed E-state index contributed by atoms with van der Waals surface area (Å²) < 4.78 is 26.4. The Labute approximate surface area is 171 Å². The van der Waals surface area contributed by atoms with Gasteiger partial charge in [0.1, 0.15) is 0 Å². The standard InChI is InChI=1S/C22H23N3O3S/c1-15(2)29(27,28)25-18-11-8-17(9-12-18)22(26)24-19-10-7-16(3)20(14-19)21-6-4-5-13-23-21/h4-15,25H,1-3H3,(H,24,26). The summed E-state index contributed by atoms with van der Waals surface area (Å²) in [6.45, 7) is 5.20. The van der Waals surface area contributed by atoms with Crippen molar-refractivity contribution in [3.05, 3.63) is 78.0 Å². The van der Waals surface area contributed by atoms with Crippen LogP contribution in [0.25, 0.3) is 11.3 Å². The molecule has 0 saturated heterocycles.